The summed E-state index contributed by atoms with van der Waals surface area (Å²) in [7, 11) is 1.33. The van der Waals surface area contributed by atoms with Crippen LogP contribution in [0.25, 0.3) is 0 Å². The molecule has 122 valence electrons. The van der Waals surface area contributed by atoms with Crippen molar-refractivity contribution in [1.29, 1.82) is 0 Å². The van der Waals surface area contributed by atoms with E-state index in [1.165, 1.54) is 13.3 Å². The van der Waals surface area contributed by atoms with E-state index in [0.717, 1.165) is 19.4 Å². The number of rotatable bonds is 7. The Morgan fingerprint density at radius 3 is 2.96 bits per heavy atom. The fourth-order valence-corrected chi connectivity index (χ4v) is 1.98. The molecular formula is C15H18ClN5O2. The third-order valence-electron chi connectivity index (χ3n) is 3.02. The second kappa shape index (κ2) is 8.28. The molecule has 7 nitrogen and oxygen atoms in total. The number of nitrogens with zero attached hydrogens (tertiary/aromatic N) is 3. The molecule has 0 unspecified atom stereocenters. The van der Waals surface area contributed by atoms with Crippen LogP contribution < -0.4 is 10.6 Å². The molecule has 8 heteroatoms. The van der Waals surface area contributed by atoms with Crippen molar-refractivity contribution in [3.05, 3.63) is 35.0 Å². The predicted molar refractivity (Wildman–Crippen MR) is 89.3 cm³/mol. The van der Waals surface area contributed by atoms with Crippen LogP contribution in [0.15, 0.2) is 24.4 Å². The average molecular weight is 336 g/mol. The summed E-state index contributed by atoms with van der Waals surface area (Å²) in [6.07, 6.45) is 3.58. The molecule has 0 amide bonds. The number of hydrogen-bond donors (Lipinski definition) is 2. The number of halogens is 1. The largest absolute Gasteiger partial charge is 0.465 e. The van der Waals surface area contributed by atoms with Crippen LogP contribution in [0.3, 0.4) is 0 Å². The minimum absolute atomic E-state index is 0.391. The number of hydrogen-bond acceptors (Lipinski definition) is 7. The van der Waals surface area contributed by atoms with E-state index in [9.17, 15) is 4.79 Å². The first-order valence-electron chi connectivity index (χ1n) is 7.22. The number of carbonyl (C=O) groups excluding carboxylic acids is 1. The molecule has 1 aromatic heterocycles. The highest BCUT2D eigenvalue weighted by Gasteiger charge is 2.10. The molecule has 0 atom stereocenters. The summed E-state index contributed by atoms with van der Waals surface area (Å²) in [6, 6.07) is 4.81. The van der Waals surface area contributed by atoms with Gasteiger partial charge in [-0.1, -0.05) is 24.9 Å². The third-order valence-corrected chi connectivity index (χ3v) is 3.35. The van der Waals surface area contributed by atoms with Gasteiger partial charge in [0.1, 0.15) is 0 Å². The van der Waals surface area contributed by atoms with Gasteiger partial charge >= 0.3 is 5.97 Å². The highest BCUT2D eigenvalue weighted by Crippen LogP contribution is 2.26. The van der Waals surface area contributed by atoms with Gasteiger partial charge in [-0.25, -0.2) is 4.79 Å². The second-order valence-electron chi connectivity index (χ2n) is 4.76. The number of esters is 1. The first-order chi connectivity index (χ1) is 11.1. The number of aromatic nitrogens is 3. The Bertz CT molecular complexity index is 681. The van der Waals surface area contributed by atoms with Crippen molar-refractivity contribution in [2.24, 2.45) is 0 Å². The summed E-state index contributed by atoms with van der Waals surface area (Å²) in [5, 5.41) is 14.4. The highest BCUT2D eigenvalue weighted by molar-refractivity contribution is 6.33. The van der Waals surface area contributed by atoms with Crippen molar-refractivity contribution in [3.63, 3.8) is 0 Å². The Labute approximate surface area is 139 Å². The van der Waals surface area contributed by atoms with Crippen LogP contribution in [-0.2, 0) is 4.74 Å². The first-order valence-corrected chi connectivity index (χ1v) is 7.60. The minimum atomic E-state index is -0.438. The molecule has 2 N–H and O–H groups in total. The zero-order chi connectivity index (χ0) is 16.7. The van der Waals surface area contributed by atoms with Crippen molar-refractivity contribution in [3.8, 4) is 0 Å². The zero-order valence-electron chi connectivity index (χ0n) is 13.0. The number of benzene rings is 1. The number of carbonyl (C=O) groups is 1. The molecule has 0 saturated heterocycles. The molecule has 2 aromatic rings. The van der Waals surface area contributed by atoms with Crippen LogP contribution in [0, 0.1) is 0 Å². The molecule has 0 spiro atoms. The molecule has 2 rings (SSSR count). The molecule has 0 aliphatic heterocycles. The van der Waals surface area contributed by atoms with E-state index in [0.29, 0.717) is 28.0 Å². The van der Waals surface area contributed by atoms with Gasteiger partial charge in [0.05, 0.1) is 29.6 Å². The quantitative estimate of drug-likeness (QED) is 0.593. The Hall–Kier alpha value is -2.41. The van der Waals surface area contributed by atoms with Gasteiger partial charge in [-0.3, -0.25) is 0 Å². The van der Waals surface area contributed by atoms with Crippen molar-refractivity contribution >= 4 is 35.0 Å². The van der Waals surface area contributed by atoms with Gasteiger partial charge in [0.25, 0.3) is 0 Å². The SMILES string of the molecule is CCCCNc1nncc(Nc2cc(C(=O)OC)ccc2Cl)n1. The first kappa shape index (κ1) is 17.0. The molecule has 0 fully saturated rings. The Kier molecular flexibility index (Phi) is 6.10. The van der Waals surface area contributed by atoms with Gasteiger partial charge in [-0.2, -0.15) is 10.1 Å². The smallest absolute Gasteiger partial charge is 0.337 e. The van der Waals surface area contributed by atoms with Gasteiger partial charge in [-0.15, -0.1) is 5.10 Å². The summed E-state index contributed by atoms with van der Waals surface area (Å²) in [5.74, 6) is 0.471. The number of ether oxygens (including phenoxy) is 1. The predicted octanol–water partition coefficient (Wildman–Crippen LogP) is 3.27. The maximum atomic E-state index is 11.6. The van der Waals surface area contributed by atoms with Crippen molar-refractivity contribution in [2.75, 3.05) is 24.3 Å². The lowest BCUT2D eigenvalue weighted by Gasteiger charge is -2.10. The minimum Gasteiger partial charge on any atom is -0.465 e. The summed E-state index contributed by atoms with van der Waals surface area (Å²) >= 11 is 6.14. The second-order valence-corrected chi connectivity index (χ2v) is 5.16. The number of anilines is 3. The van der Waals surface area contributed by atoms with Crippen LogP contribution in [0.4, 0.5) is 17.5 Å². The summed E-state index contributed by atoms with van der Waals surface area (Å²) in [5.41, 5.74) is 0.928. The molecule has 0 saturated carbocycles. The van der Waals surface area contributed by atoms with Gasteiger partial charge < -0.3 is 15.4 Å². The standard InChI is InChI=1S/C15H18ClN5O2/c1-3-4-7-17-15-20-13(9-18-21-15)19-12-8-10(14(22)23-2)5-6-11(12)16/h5-6,8-9H,3-4,7H2,1-2H3,(H2,17,19,20,21). The van der Waals surface area contributed by atoms with Crippen molar-refractivity contribution < 1.29 is 9.53 Å². The fraction of sp³-hybridized carbons (Fsp3) is 0.333. The van der Waals surface area contributed by atoms with E-state index in [1.807, 2.05) is 0 Å². The van der Waals surface area contributed by atoms with E-state index >= 15 is 0 Å². The summed E-state index contributed by atoms with van der Waals surface area (Å²) < 4.78 is 4.70. The molecule has 1 heterocycles. The van der Waals surface area contributed by atoms with Crippen LogP contribution in [-0.4, -0.2) is 34.8 Å². The van der Waals surface area contributed by atoms with E-state index < -0.39 is 5.97 Å². The Balaban J connectivity index is 2.15. The van der Waals surface area contributed by atoms with E-state index in [1.54, 1.807) is 18.2 Å². The summed E-state index contributed by atoms with van der Waals surface area (Å²) in [6.45, 7) is 2.88. The van der Waals surface area contributed by atoms with Gasteiger partial charge in [-0.05, 0) is 24.6 Å². The van der Waals surface area contributed by atoms with Crippen LogP contribution in [0.1, 0.15) is 30.1 Å². The van der Waals surface area contributed by atoms with Crippen LogP contribution >= 0.6 is 11.6 Å². The molecular weight excluding hydrogens is 318 g/mol. The van der Waals surface area contributed by atoms with Crippen LogP contribution in [0.5, 0.6) is 0 Å². The molecule has 23 heavy (non-hydrogen) atoms. The Morgan fingerprint density at radius 1 is 1.39 bits per heavy atom. The lowest BCUT2D eigenvalue weighted by molar-refractivity contribution is 0.0601. The lowest BCUT2D eigenvalue weighted by atomic mass is 10.2. The highest BCUT2D eigenvalue weighted by atomic mass is 35.5. The number of unbranched alkanes of at least 4 members (excludes halogenated alkanes) is 1. The maximum Gasteiger partial charge on any atom is 0.337 e. The van der Waals surface area contributed by atoms with Crippen molar-refractivity contribution in [1.82, 2.24) is 15.2 Å². The van der Waals surface area contributed by atoms with E-state index in [-0.39, 0.29) is 0 Å². The van der Waals surface area contributed by atoms with Crippen LogP contribution in [0.2, 0.25) is 5.02 Å². The molecule has 0 aliphatic carbocycles. The van der Waals surface area contributed by atoms with E-state index in [2.05, 4.69) is 32.7 Å². The number of methoxy groups -OCH3 is 1. The van der Waals surface area contributed by atoms with Gasteiger partial charge in [0.2, 0.25) is 5.95 Å². The maximum absolute atomic E-state index is 11.6. The molecule has 1 aromatic carbocycles. The normalized spacial score (nSPS) is 10.2. The monoisotopic (exact) mass is 335 g/mol. The fourth-order valence-electron chi connectivity index (χ4n) is 1.82. The lowest BCUT2D eigenvalue weighted by Crippen LogP contribution is -2.08. The molecule has 0 radical (unpaired) electrons. The molecule has 0 aliphatic rings. The van der Waals surface area contributed by atoms with Crippen molar-refractivity contribution in [2.45, 2.75) is 19.8 Å². The zero-order valence-corrected chi connectivity index (χ0v) is 13.7. The summed E-state index contributed by atoms with van der Waals surface area (Å²) in [4.78, 5) is 15.9. The van der Waals surface area contributed by atoms with Gasteiger partial charge in [0.15, 0.2) is 5.82 Å². The van der Waals surface area contributed by atoms with Gasteiger partial charge in [0, 0.05) is 6.54 Å². The molecule has 0 bridgehead atoms. The van der Waals surface area contributed by atoms with E-state index in [4.69, 9.17) is 16.3 Å². The average Bonchev–Trinajstić information content (AvgIpc) is 2.57. The number of nitrogens with one attached hydrogen (secondary N) is 2. The third kappa shape index (κ3) is 4.79. The Morgan fingerprint density at radius 2 is 2.22 bits per heavy atom. The topological polar surface area (TPSA) is 89.0 Å².